The van der Waals surface area contributed by atoms with Crippen LogP contribution in [0.2, 0.25) is 5.02 Å². The van der Waals surface area contributed by atoms with Crippen molar-refractivity contribution in [2.24, 2.45) is 0 Å². The van der Waals surface area contributed by atoms with Crippen molar-refractivity contribution >= 4 is 28.4 Å². The predicted octanol–water partition coefficient (Wildman–Crippen LogP) is 2.76. The van der Waals surface area contributed by atoms with E-state index in [0.29, 0.717) is 22.1 Å². The molecule has 110 valence electrons. The fourth-order valence-corrected chi connectivity index (χ4v) is 3.06. The smallest absolute Gasteiger partial charge is 0.253 e. The zero-order valence-corrected chi connectivity index (χ0v) is 12.7. The first-order valence-corrected chi connectivity index (χ1v) is 7.60. The molecule has 1 aliphatic rings. The minimum Gasteiger partial charge on any atom is -0.349 e. The van der Waals surface area contributed by atoms with E-state index >= 15 is 0 Å². The van der Waals surface area contributed by atoms with Crippen LogP contribution in [0.15, 0.2) is 30.5 Å². The molecular weight excluding hydrogens is 286 g/mol. The van der Waals surface area contributed by atoms with E-state index in [-0.39, 0.29) is 11.9 Å². The highest BCUT2D eigenvalue weighted by molar-refractivity contribution is 6.36. The summed E-state index contributed by atoms with van der Waals surface area (Å²) in [5.74, 6) is -0.0746. The molecule has 3 rings (SSSR count). The standard InChI is InChI=1S/C16H18ClN3O/c1-10-9-11(6-8-18-10)20-16(21)13-4-5-14(17)12-3-2-7-19-15(12)13/h2-5,7,10-11,18H,6,8-9H2,1H3,(H,20,21). The number of hydrogen-bond donors (Lipinski definition) is 2. The van der Waals surface area contributed by atoms with Crippen molar-refractivity contribution in [2.75, 3.05) is 6.54 Å². The molecule has 2 atom stereocenters. The molecule has 1 saturated heterocycles. The summed E-state index contributed by atoms with van der Waals surface area (Å²) in [6.07, 6.45) is 3.59. The lowest BCUT2D eigenvalue weighted by molar-refractivity contribution is 0.0927. The second-order valence-electron chi connectivity index (χ2n) is 5.54. The van der Waals surface area contributed by atoms with E-state index < -0.39 is 0 Å². The Morgan fingerprint density at radius 2 is 2.29 bits per heavy atom. The molecule has 2 aromatic rings. The number of pyridine rings is 1. The maximum atomic E-state index is 12.5. The number of rotatable bonds is 2. The minimum atomic E-state index is -0.0746. The van der Waals surface area contributed by atoms with Gasteiger partial charge >= 0.3 is 0 Å². The summed E-state index contributed by atoms with van der Waals surface area (Å²) in [5.41, 5.74) is 1.24. The predicted molar refractivity (Wildman–Crippen MR) is 84.7 cm³/mol. The number of piperidine rings is 1. The largest absolute Gasteiger partial charge is 0.349 e. The van der Waals surface area contributed by atoms with Crippen molar-refractivity contribution in [3.05, 3.63) is 41.0 Å². The number of benzene rings is 1. The van der Waals surface area contributed by atoms with Gasteiger partial charge in [0.15, 0.2) is 0 Å². The molecule has 2 heterocycles. The zero-order valence-electron chi connectivity index (χ0n) is 11.9. The number of amides is 1. The van der Waals surface area contributed by atoms with Crippen LogP contribution in [0, 0.1) is 0 Å². The first-order valence-electron chi connectivity index (χ1n) is 7.22. The zero-order chi connectivity index (χ0) is 14.8. The second-order valence-corrected chi connectivity index (χ2v) is 5.95. The number of hydrogen-bond acceptors (Lipinski definition) is 3. The van der Waals surface area contributed by atoms with E-state index in [1.54, 1.807) is 18.3 Å². The van der Waals surface area contributed by atoms with Gasteiger partial charge in [-0.1, -0.05) is 11.6 Å². The molecule has 2 unspecified atom stereocenters. The fraction of sp³-hybridized carbons (Fsp3) is 0.375. The number of carbonyl (C=O) groups excluding carboxylic acids is 1. The second kappa shape index (κ2) is 6.00. The van der Waals surface area contributed by atoms with Crippen LogP contribution in [0.25, 0.3) is 10.9 Å². The van der Waals surface area contributed by atoms with Gasteiger partial charge in [0, 0.05) is 23.7 Å². The van der Waals surface area contributed by atoms with Gasteiger partial charge in [-0.2, -0.15) is 0 Å². The van der Waals surface area contributed by atoms with Crippen molar-refractivity contribution in [3.63, 3.8) is 0 Å². The lowest BCUT2D eigenvalue weighted by Gasteiger charge is -2.28. The molecular formula is C16H18ClN3O. The van der Waals surface area contributed by atoms with Crippen molar-refractivity contribution in [3.8, 4) is 0 Å². The van der Waals surface area contributed by atoms with Gasteiger partial charge in [0.1, 0.15) is 0 Å². The monoisotopic (exact) mass is 303 g/mol. The van der Waals surface area contributed by atoms with Gasteiger partial charge in [0.2, 0.25) is 0 Å². The molecule has 1 fully saturated rings. The van der Waals surface area contributed by atoms with Gasteiger partial charge < -0.3 is 10.6 Å². The highest BCUT2D eigenvalue weighted by atomic mass is 35.5. The minimum absolute atomic E-state index is 0.0746. The molecule has 1 amide bonds. The van der Waals surface area contributed by atoms with Crippen molar-refractivity contribution in [1.29, 1.82) is 0 Å². The molecule has 0 aliphatic carbocycles. The molecule has 4 nitrogen and oxygen atoms in total. The van der Waals surface area contributed by atoms with Crippen LogP contribution < -0.4 is 10.6 Å². The quantitative estimate of drug-likeness (QED) is 0.897. The van der Waals surface area contributed by atoms with E-state index in [0.717, 1.165) is 24.8 Å². The first-order chi connectivity index (χ1) is 10.1. The van der Waals surface area contributed by atoms with Crippen LogP contribution in [0.4, 0.5) is 0 Å². The van der Waals surface area contributed by atoms with E-state index in [1.807, 2.05) is 12.1 Å². The first kappa shape index (κ1) is 14.3. The molecule has 0 spiro atoms. The molecule has 2 N–H and O–H groups in total. The number of halogens is 1. The SMILES string of the molecule is CC1CC(NC(=O)c2ccc(Cl)c3cccnc23)CCN1. The van der Waals surface area contributed by atoms with E-state index in [9.17, 15) is 4.79 Å². The molecule has 1 aromatic heterocycles. The Kier molecular flexibility index (Phi) is 4.08. The van der Waals surface area contributed by atoms with Gasteiger partial charge in [-0.3, -0.25) is 9.78 Å². The summed E-state index contributed by atoms with van der Waals surface area (Å²) in [5, 5.41) is 7.92. The number of aromatic nitrogens is 1. The normalized spacial score (nSPS) is 22.2. The highest BCUT2D eigenvalue weighted by Crippen LogP contribution is 2.25. The van der Waals surface area contributed by atoms with E-state index in [2.05, 4.69) is 22.5 Å². The Hall–Kier alpha value is -1.65. The maximum Gasteiger partial charge on any atom is 0.253 e. The van der Waals surface area contributed by atoms with Crippen LogP contribution in [-0.2, 0) is 0 Å². The summed E-state index contributed by atoms with van der Waals surface area (Å²) in [7, 11) is 0. The molecule has 21 heavy (non-hydrogen) atoms. The molecule has 0 radical (unpaired) electrons. The Morgan fingerprint density at radius 3 is 3.10 bits per heavy atom. The van der Waals surface area contributed by atoms with Crippen molar-refractivity contribution < 1.29 is 4.79 Å². The maximum absolute atomic E-state index is 12.5. The Balaban J connectivity index is 1.86. The lowest BCUT2D eigenvalue weighted by Crippen LogP contribution is -2.46. The lowest BCUT2D eigenvalue weighted by atomic mass is 10.00. The average molecular weight is 304 g/mol. The summed E-state index contributed by atoms with van der Waals surface area (Å²) in [6.45, 7) is 3.07. The third-order valence-corrected chi connectivity index (χ3v) is 4.25. The van der Waals surface area contributed by atoms with Gasteiger partial charge in [0.05, 0.1) is 16.1 Å². The van der Waals surface area contributed by atoms with E-state index in [4.69, 9.17) is 11.6 Å². The number of nitrogens with zero attached hydrogens (tertiary/aromatic N) is 1. The summed E-state index contributed by atoms with van der Waals surface area (Å²) < 4.78 is 0. The summed E-state index contributed by atoms with van der Waals surface area (Å²) in [6, 6.07) is 7.86. The molecule has 1 aromatic carbocycles. The van der Waals surface area contributed by atoms with Crippen LogP contribution in [-0.4, -0.2) is 29.5 Å². The van der Waals surface area contributed by atoms with Crippen molar-refractivity contribution in [2.45, 2.75) is 31.8 Å². The fourth-order valence-electron chi connectivity index (χ4n) is 2.85. The van der Waals surface area contributed by atoms with Crippen LogP contribution >= 0.6 is 11.6 Å². The van der Waals surface area contributed by atoms with Gasteiger partial charge in [0.25, 0.3) is 5.91 Å². The van der Waals surface area contributed by atoms with Crippen LogP contribution in [0.1, 0.15) is 30.1 Å². The molecule has 0 saturated carbocycles. The molecule has 0 bridgehead atoms. The number of nitrogens with one attached hydrogen (secondary N) is 2. The topological polar surface area (TPSA) is 54.0 Å². The summed E-state index contributed by atoms with van der Waals surface area (Å²) in [4.78, 5) is 16.8. The Bertz CT molecular complexity index is 674. The van der Waals surface area contributed by atoms with E-state index in [1.165, 1.54) is 0 Å². The van der Waals surface area contributed by atoms with Gasteiger partial charge in [-0.05, 0) is 50.6 Å². The molecule has 5 heteroatoms. The third kappa shape index (κ3) is 3.01. The van der Waals surface area contributed by atoms with Gasteiger partial charge in [-0.15, -0.1) is 0 Å². The van der Waals surface area contributed by atoms with Crippen LogP contribution in [0.3, 0.4) is 0 Å². The van der Waals surface area contributed by atoms with Gasteiger partial charge in [-0.25, -0.2) is 0 Å². The third-order valence-electron chi connectivity index (χ3n) is 3.92. The Labute approximate surface area is 128 Å². The average Bonchev–Trinajstić information content (AvgIpc) is 2.48. The highest BCUT2D eigenvalue weighted by Gasteiger charge is 2.21. The van der Waals surface area contributed by atoms with Crippen LogP contribution in [0.5, 0.6) is 0 Å². The Morgan fingerprint density at radius 1 is 1.43 bits per heavy atom. The molecule has 1 aliphatic heterocycles. The van der Waals surface area contributed by atoms with Crippen molar-refractivity contribution in [1.82, 2.24) is 15.6 Å². The number of carbonyl (C=O) groups is 1. The number of fused-ring (bicyclic) bond motifs is 1. The summed E-state index contributed by atoms with van der Waals surface area (Å²) >= 11 is 6.16.